The number of hydrogen-bond acceptors (Lipinski definition) is 3. The third kappa shape index (κ3) is 7.28. The van der Waals surface area contributed by atoms with Crippen molar-refractivity contribution in [2.75, 3.05) is 6.61 Å². The average Bonchev–Trinajstić information content (AvgIpc) is 2.34. The molecule has 1 N–H and O–H groups in total. The summed E-state index contributed by atoms with van der Waals surface area (Å²) in [7, 11) is 0. The molecule has 0 aromatic heterocycles. The zero-order chi connectivity index (χ0) is 14.2. The lowest BCUT2D eigenvalue weighted by Gasteiger charge is -2.17. The highest BCUT2D eigenvalue weighted by Gasteiger charge is 2.14. The van der Waals surface area contributed by atoms with E-state index >= 15 is 0 Å². The molecular formula is C15H26O3. The fourth-order valence-corrected chi connectivity index (χ4v) is 1.27. The van der Waals surface area contributed by atoms with Crippen molar-refractivity contribution >= 4 is 5.97 Å². The van der Waals surface area contributed by atoms with Gasteiger partial charge in [0.1, 0.15) is 6.61 Å². The lowest BCUT2D eigenvalue weighted by Crippen LogP contribution is -2.19. The maximum absolute atomic E-state index is 11.5. The fourth-order valence-electron chi connectivity index (χ4n) is 1.27. The molecule has 0 aliphatic carbocycles. The Morgan fingerprint density at radius 1 is 1.56 bits per heavy atom. The first-order valence-corrected chi connectivity index (χ1v) is 6.50. The second-order valence-electron chi connectivity index (χ2n) is 5.07. The van der Waals surface area contributed by atoms with Gasteiger partial charge < -0.3 is 9.84 Å². The van der Waals surface area contributed by atoms with Gasteiger partial charge in [0.25, 0.3) is 0 Å². The number of allylic oxidation sites excluding steroid dienone is 1. The van der Waals surface area contributed by atoms with E-state index in [0.717, 1.165) is 18.4 Å². The van der Waals surface area contributed by atoms with Crippen LogP contribution in [0.25, 0.3) is 0 Å². The third-order valence-electron chi connectivity index (χ3n) is 3.04. The molecule has 0 saturated heterocycles. The van der Waals surface area contributed by atoms with Crippen LogP contribution < -0.4 is 0 Å². The minimum atomic E-state index is -0.829. The van der Waals surface area contributed by atoms with Gasteiger partial charge in [0.15, 0.2) is 0 Å². The first-order chi connectivity index (χ1) is 8.32. The summed E-state index contributed by atoms with van der Waals surface area (Å²) >= 11 is 0. The van der Waals surface area contributed by atoms with Crippen LogP contribution in [-0.2, 0) is 9.53 Å². The Hall–Kier alpha value is -1.09. The standard InChI is InChI=1S/C15H26O3/c1-6-13(4)14(16)18-11-12(3)9-8-10-15(5,17)7-2/h7,9,13,17H,2,6,8,10-11H2,1,3-5H3/b12-9+. The van der Waals surface area contributed by atoms with Crippen LogP contribution >= 0.6 is 0 Å². The summed E-state index contributed by atoms with van der Waals surface area (Å²) in [5.41, 5.74) is 0.177. The first-order valence-electron chi connectivity index (χ1n) is 6.50. The Morgan fingerprint density at radius 3 is 2.67 bits per heavy atom. The third-order valence-corrected chi connectivity index (χ3v) is 3.04. The van der Waals surface area contributed by atoms with Crippen molar-refractivity contribution in [2.24, 2.45) is 5.92 Å². The Kier molecular flexibility index (Phi) is 7.60. The van der Waals surface area contributed by atoms with Crippen LogP contribution in [0.15, 0.2) is 24.3 Å². The van der Waals surface area contributed by atoms with E-state index in [1.54, 1.807) is 13.0 Å². The SMILES string of the molecule is C=CC(C)(O)CC/C=C(\C)COC(=O)C(C)CC. The molecule has 0 bridgehead atoms. The lowest BCUT2D eigenvalue weighted by molar-refractivity contribution is -0.147. The van der Waals surface area contributed by atoms with Crippen LogP contribution in [0.1, 0.15) is 47.0 Å². The minimum Gasteiger partial charge on any atom is -0.461 e. The molecule has 3 nitrogen and oxygen atoms in total. The molecule has 0 spiro atoms. The van der Waals surface area contributed by atoms with Gasteiger partial charge in [-0.05, 0) is 38.7 Å². The Balaban J connectivity index is 3.99. The van der Waals surface area contributed by atoms with Crippen molar-refractivity contribution < 1.29 is 14.6 Å². The van der Waals surface area contributed by atoms with Gasteiger partial charge in [-0.2, -0.15) is 0 Å². The van der Waals surface area contributed by atoms with Crippen LogP contribution in [0.3, 0.4) is 0 Å². The predicted molar refractivity (Wildman–Crippen MR) is 74.2 cm³/mol. The number of ether oxygens (including phenoxy) is 1. The van der Waals surface area contributed by atoms with E-state index in [-0.39, 0.29) is 11.9 Å². The largest absolute Gasteiger partial charge is 0.461 e. The molecule has 0 saturated carbocycles. The van der Waals surface area contributed by atoms with Gasteiger partial charge in [-0.3, -0.25) is 4.79 Å². The van der Waals surface area contributed by atoms with E-state index < -0.39 is 5.60 Å². The van der Waals surface area contributed by atoms with E-state index in [2.05, 4.69) is 6.58 Å². The van der Waals surface area contributed by atoms with Gasteiger partial charge in [0.05, 0.1) is 11.5 Å². The quantitative estimate of drug-likeness (QED) is 0.534. The van der Waals surface area contributed by atoms with Crippen molar-refractivity contribution in [1.29, 1.82) is 0 Å². The zero-order valence-electron chi connectivity index (χ0n) is 12.0. The molecule has 104 valence electrons. The van der Waals surface area contributed by atoms with E-state index in [1.807, 2.05) is 26.8 Å². The van der Waals surface area contributed by atoms with Gasteiger partial charge in [-0.1, -0.05) is 26.0 Å². The lowest BCUT2D eigenvalue weighted by atomic mass is 10.00. The smallest absolute Gasteiger partial charge is 0.308 e. The van der Waals surface area contributed by atoms with Crippen molar-refractivity contribution in [1.82, 2.24) is 0 Å². The number of hydrogen-bond donors (Lipinski definition) is 1. The Morgan fingerprint density at radius 2 is 2.17 bits per heavy atom. The number of aliphatic hydroxyl groups is 1. The molecule has 0 radical (unpaired) electrons. The normalized spacial score (nSPS) is 16.8. The Labute approximate surface area is 111 Å². The molecule has 3 heteroatoms. The van der Waals surface area contributed by atoms with Gasteiger partial charge in [-0.25, -0.2) is 0 Å². The first kappa shape index (κ1) is 16.9. The number of carbonyl (C=O) groups excluding carboxylic acids is 1. The highest BCUT2D eigenvalue weighted by molar-refractivity contribution is 5.72. The van der Waals surface area contributed by atoms with Crippen LogP contribution in [0, 0.1) is 5.92 Å². The second-order valence-corrected chi connectivity index (χ2v) is 5.07. The predicted octanol–water partition coefficient (Wildman–Crippen LogP) is 3.24. The minimum absolute atomic E-state index is 0.0423. The van der Waals surface area contributed by atoms with Gasteiger partial charge in [0.2, 0.25) is 0 Å². The highest BCUT2D eigenvalue weighted by Crippen LogP contribution is 2.14. The number of esters is 1. The average molecular weight is 254 g/mol. The van der Waals surface area contributed by atoms with Crippen LogP contribution in [0.2, 0.25) is 0 Å². The van der Waals surface area contributed by atoms with Crippen molar-refractivity contribution in [3.8, 4) is 0 Å². The molecule has 2 unspecified atom stereocenters. The van der Waals surface area contributed by atoms with Gasteiger partial charge in [-0.15, -0.1) is 6.58 Å². The summed E-state index contributed by atoms with van der Waals surface area (Å²) in [5.74, 6) is -0.192. The summed E-state index contributed by atoms with van der Waals surface area (Å²) in [6, 6.07) is 0. The maximum atomic E-state index is 11.5. The molecule has 0 heterocycles. The Bertz CT molecular complexity index is 303. The topological polar surface area (TPSA) is 46.5 Å². The van der Waals surface area contributed by atoms with E-state index in [4.69, 9.17) is 4.74 Å². The monoisotopic (exact) mass is 254 g/mol. The molecule has 2 atom stereocenters. The molecular weight excluding hydrogens is 228 g/mol. The van der Waals surface area contributed by atoms with Gasteiger partial charge >= 0.3 is 5.97 Å². The summed E-state index contributed by atoms with van der Waals surface area (Å²) in [6.45, 7) is 11.4. The molecule has 0 amide bonds. The molecule has 0 rings (SSSR count). The maximum Gasteiger partial charge on any atom is 0.308 e. The summed E-state index contributed by atoms with van der Waals surface area (Å²) < 4.78 is 5.18. The van der Waals surface area contributed by atoms with E-state index in [1.165, 1.54) is 0 Å². The van der Waals surface area contributed by atoms with E-state index in [9.17, 15) is 9.90 Å². The second kappa shape index (κ2) is 8.09. The van der Waals surface area contributed by atoms with Crippen molar-refractivity contribution in [3.63, 3.8) is 0 Å². The summed E-state index contributed by atoms with van der Waals surface area (Å²) in [5, 5.41) is 9.73. The van der Waals surface area contributed by atoms with Crippen LogP contribution in [0.5, 0.6) is 0 Å². The molecule has 18 heavy (non-hydrogen) atoms. The van der Waals surface area contributed by atoms with Gasteiger partial charge in [0, 0.05) is 0 Å². The molecule has 0 aromatic rings. The molecule has 0 aromatic carbocycles. The number of rotatable bonds is 8. The van der Waals surface area contributed by atoms with Crippen molar-refractivity contribution in [2.45, 2.75) is 52.6 Å². The molecule has 0 aliphatic heterocycles. The van der Waals surface area contributed by atoms with Crippen LogP contribution in [0.4, 0.5) is 0 Å². The summed E-state index contributed by atoms with van der Waals surface area (Å²) in [4.78, 5) is 11.5. The molecule has 0 fully saturated rings. The summed E-state index contributed by atoms with van der Waals surface area (Å²) in [6.07, 6.45) is 5.68. The highest BCUT2D eigenvalue weighted by atomic mass is 16.5. The molecule has 0 aliphatic rings. The number of carbonyl (C=O) groups is 1. The van der Waals surface area contributed by atoms with E-state index in [0.29, 0.717) is 13.0 Å². The zero-order valence-corrected chi connectivity index (χ0v) is 12.0. The van der Waals surface area contributed by atoms with Crippen LogP contribution in [-0.4, -0.2) is 23.3 Å². The fraction of sp³-hybridized carbons (Fsp3) is 0.667. The van der Waals surface area contributed by atoms with Crippen molar-refractivity contribution in [3.05, 3.63) is 24.3 Å².